The van der Waals surface area contributed by atoms with Crippen molar-refractivity contribution in [1.82, 2.24) is 29.9 Å². The molecule has 7 unspecified atom stereocenters. The van der Waals surface area contributed by atoms with Gasteiger partial charge in [0, 0.05) is 103 Å². The van der Waals surface area contributed by atoms with Gasteiger partial charge in [-0.15, -0.1) is 0 Å². The van der Waals surface area contributed by atoms with Crippen LogP contribution in [0.15, 0.2) is 106 Å². The number of ether oxygens (including phenoxy) is 10. The molecule has 0 aliphatic heterocycles. The van der Waals surface area contributed by atoms with Crippen molar-refractivity contribution in [1.29, 1.82) is 0 Å². The van der Waals surface area contributed by atoms with Crippen molar-refractivity contribution < 1.29 is 155 Å². The fourth-order valence-corrected chi connectivity index (χ4v) is 15.5. The first-order chi connectivity index (χ1) is 62.0. The molecule has 0 fully saturated rings. The summed E-state index contributed by atoms with van der Waals surface area (Å²) in [6, 6.07) is 22.0. The number of aliphatic hydroxyl groups is 2. The first-order valence-electron chi connectivity index (χ1n) is 39.8. The number of carboxylic acid groups (broad SMARTS) is 1. The molecule has 3 aromatic heterocycles. The fraction of sp³-hybridized carbons (Fsp3) is 0.482. The number of hydrogen-bond donors (Lipinski definition) is 9. The van der Waals surface area contributed by atoms with E-state index in [1.807, 2.05) is 0 Å². The van der Waals surface area contributed by atoms with Crippen LogP contribution in [0.3, 0.4) is 0 Å². The van der Waals surface area contributed by atoms with Crippen LogP contribution in [0.1, 0.15) is 132 Å². The van der Waals surface area contributed by atoms with Crippen LogP contribution < -0.4 is 30.1 Å². The quantitative estimate of drug-likeness (QED) is 0.0102. The zero-order valence-electron chi connectivity index (χ0n) is 73.9. The molecule has 0 saturated heterocycles. The van der Waals surface area contributed by atoms with Crippen LogP contribution >= 0.6 is 35.3 Å². The van der Waals surface area contributed by atoms with E-state index in [1.165, 1.54) is 136 Å². The van der Waals surface area contributed by atoms with Crippen LogP contribution in [0.4, 0.5) is 34.9 Å². The highest BCUT2D eigenvalue weighted by Crippen LogP contribution is 2.24. The summed E-state index contributed by atoms with van der Waals surface area (Å²) in [5.74, 6) is -10.5. The molecule has 0 bridgehead atoms. The van der Waals surface area contributed by atoms with Crippen LogP contribution in [0.25, 0.3) is 0 Å². The number of hydrogen-bond acceptors (Lipinski definition) is 41. The predicted octanol–water partition coefficient (Wildman–Crippen LogP) is 7.38. The number of carboxylic acids is 1. The molecule has 0 saturated carbocycles. The molecule has 6 aromatic rings. The van der Waals surface area contributed by atoms with Crippen LogP contribution in [-0.4, -0.2) is 266 Å². The van der Waals surface area contributed by atoms with E-state index in [0.29, 0.717) is 74.2 Å². The zero-order valence-corrected chi connectivity index (χ0v) is 78.8. The molecule has 3 aromatic carbocycles. The molecule has 0 spiro atoms. The number of nitrogens with one attached hydrogen (secondary N) is 6. The molecule has 3 heterocycles. The van der Waals surface area contributed by atoms with Gasteiger partial charge in [-0.25, -0.2) is 108 Å². The molecule has 0 aliphatic rings. The average molecular weight is 2030 g/mol. The molecule has 754 valence electrons. The number of carbonyl (C=O) groups excluding carboxylic acids is 13. The lowest BCUT2D eigenvalue weighted by Crippen LogP contribution is -2.29. The van der Waals surface area contributed by atoms with E-state index in [-0.39, 0.29) is 130 Å². The Kier molecular flexibility index (Phi) is 56.7. The van der Waals surface area contributed by atoms with Crippen molar-refractivity contribution in [2.45, 2.75) is 178 Å². The number of aliphatic carboxylic acids is 1. The van der Waals surface area contributed by atoms with Crippen LogP contribution in [-0.2, 0) is 145 Å². The van der Waals surface area contributed by atoms with Crippen molar-refractivity contribution in [2.24, 2.45) is 17.8 Å². The number of rotatable bonds is 50. The van der Waals surface area contributed by atoms with Crippen LogP contribution in [0, 0.1) is 59.3 Å². The number of anilines is 6. The Labute approximate surface area is 802 Å². The highest BCUT2D eigenvalue weighted by atomic mass is 32.2. The highest BCUT2D eigenvalue weighted by molar-refractivity contribution is 7.99. The molecule has 0 radical (unpaired) electrons. The Morgan fingerprint density at radius 1 is 0.331 bits per heavy atom. The zero-order chi connectivity index (χ0) is 98.6. The van der Waals surface area contributed by atoms with Gasteiger partial charge in [-0.2, -0.15) is 35.3 Å². The molecule has 51 heteroatoms. The van der Waals surface area contributed by atoms with Gasteiger partial charge in [-0.3, -0.25) is 28.8 Å². The summed E-state index contributed by atoms with van der Waals surface area (Å²) in [7, 11) is -11.9. The third-order valence-corrected chi connectivity index (χ3v) is 24.0. The number of benzene rings is 3. The van der Waals surface area contributed by atoms with E-state index in [1.54, 1.807) is 80.5 Å². The monoisotopic (exact) mass is 2030 g/mol. The van der Waals surface area contributed by atoms with Gasteiger partial charge >= 0.3 is 65.7 Å². The molecule has 7 atom stereocenters. The molecule has 6 rings (SSSR count). The van der Waals surface area contributed by atoms with Crippen molar-refractivity contribution in [3.8, 4) is 0 Å². The smallest absolute Gasteiger partial charge is 0.347 e. The largest absolute Gasteiger partial charge is 0.481 e. The first kappa shape index (κ1) is 124. The van der Waals surface area contributed by atoms with Crippen molar-refractivity contribution in [3.05, 3.63) is 125 Å². The Balaban J connectivity index is 0.00000264. The van der Waals surface area contributed by atoms with E-state index in [9.17, 15) is 92.4 Å². The maximum absolute atomic E-state index is 12.8. The normalized spacial score (nSPS) is 12.3. The second-order valence-corrected chi connectivity index (χ2v) is 36.8. The lowest BCUT2D eigenvalue weighted by molar-refractivity contribution is -0.173. The molecular formula is C85H120N12O33S6. The van der Waals surface area contributed by atoms with E-state index < -0.39 is 172 Å². The highest BCUT2D eigenvalue weighted by Gasteiger charge is 2.27. The first-order valence-corrected chi connectivity index (χ1v) is 47.7. The van der Waals surface area contributed by atoms with E-state index in [4.69, 9.17) is 43.7 Å². The summed E-state index contributed by atoms with van der Waals surface area (Å²) >= 11 is 3.96. The Morgan fingerprint density at radius 3 is 0.772 bits per heavy atom. The van der Waals surface area contributed by atoms with Crippen LogP contribution in [0.5, 0.6) is 0 Å². The molecule has 45 nitrogen and oxygen atoms in total. The van der Waals surface area contributed by atoms with E-state index >= 15 is 0 Å². The van der Waals surface area contributed by atoms with Gasteiger partial charge in [0.15, 0.2) is 38.6 Å². The van der Waals surface area contributed by atoms with Gasteiger partial charge in [0.05, 0.1) is 33.9 Å². The minimum Gasteiger partial charge on any atom is -0.481 e. The van der Waals surface area contributed by atoms with Crippen molar-refractivity contribution >= 4 is 184 Å². The lowest BCUT2D eigenvalue weighted by Gasteiger charge is -2.14. The van der Waals surface area contributed by atoms with Crippen molar-refractivity contribution in [2.75, 3.05) is 117 Å². The standard InChI is InChI=1S/C50H62N8O18S4.C19H24N4O5S2.C12H18O10.4CH4/c1-29(45(63)55-37-9-13-39(14-10-37)79(67,68)57-49-51-31(3)23-32(4)52-49)27-77-21-17-41(59)75-35(7)47(65)73-25-43(61)71-19-20-72-44(62)26-74-48(66)36(8)76-42(60)18-22-78-28-30(2)46(64)56-38-11-15-40(16-12-38)80(69,70)58-50-53-33(5)24-34(6)54-50;1-12(11-29-9-8-17(24)25)18(26)22-15-4-6-16(7-5-15)30(27,28)23-19-20-13(2)10-14(3)21-19;1-7(13)11(17)21-5-9(15)19-3-4-20-10(16)6-22-12(18)8(2)14;;;;/h9-16,23-24,29-30,35-36H,17-22,25-28H2,1-8H3,(H,55,63)(H,56,64)(H,51,52,57)(H,53,54,58);4-7,10,12H,8-9,11H2,1-3H3,(H,22,26)(H,24,25)(H,20,21,23);7-8,13-14H,3-6H2,1-2H3;4*1H4. The fourth-order valence-electron chi connectivity index (χ4n) is 9.67. The average Bonchev–Trinajstić information content (AvgIpc) is 0.826. The summed E-state index contributed by atoms with van der Waals surface area (Å²) in [4.78, 5) is 190. The molecule has 136 heavy (non-hydrogen) atoms. The molecular weight excluding hydrogens is 1910 g/mol. The van der Waals surface area contributed by atoms with Crippen LogP contribution in [0.2, 0.25) is 0 Å². The number of thioether (sulfide) groups is 3. The number of aromatic nitrogens is 6. The third-order valence-electron chi connectivity index (χ3n) is 16.2. The topological polar surface area (TPSA) is 644 Å². The number of esters is 10. The van der Waals surface area contributed by atoms with Gasteiger partial charge < -0.3 is 78.6 Å². The van der Waals surface area contributed by atoms with Gasteiger partial charge in [0.2, 0.25) is 35.6 Å². The van der Waals surface area contributed by atoms with Crippen molar-refractivity contribution in [3.63, 3.8) is 0 Å². The second-order valence-electron chi connectivity index (χ2n) is 28.3. The lowest BCUT2D eigenvalue weighted by atomic mass is 10.2. The summed E-state index contributed by atoms with van der Waals surface area (Å²) in [6.07, 6.45) is -5.61. The Hall–Kier alpha value is -12.3. The second kappa shape index (κ2) is 62.4. The minimum absolute atomic E-state index is 0. The number of carbonyl (C=O) groups is 14. The number of amides is 3. The van der Waals surface area contributed by atoms with E-state index in [0.717, 1.165) is 0 Å². The number of nitrogens with zero attached hydrogens (tertiary/aromatic N) is 6. The van der Waals surface area contributed by atoms with Gasteiger partial charge in [-0.05, 0) is 160 Å². The number of aliphatic hydroxyl groups excluding tert-OH is 2. The Bertz CT molecular complexity index is 5030. The Morgan fingerprint density at radius 2 is 0.551 bits per heavy atom. The summed E-state index contributed by atoms with van der Waals surface area (Å²) in [6.45, 7) is 15.7. The maximum atomic E-state index is 12.8. The maximum Gasteiger partial charge on any atom is 0.347 e. The van der Waals surface area contributed by atoms with Gasteiger partial charge in [0.1, 0.15) is 38.6 Å². The van der Waals surface area contributed by atoms with Gasteiger partial charge in [0.25, 0.3) is 30.1 Å². The van der Waals surface area contributed by atoms with E-state index in [2.05, 4.69) is 79.0 Å². The molecule has 9 N–H and O–H groups in total. The number of sulfonamides is 3. The number of aryl methyl sites for hydroxylation is 6. The summed E-state index contributed by atoms with van der Waals surface area (Å²) < 4.78 is 131. The predicted molar refractivity (Wildman–Crippen MR) is 502 cm³/mol. The molecule has 0 aliphatic carbocycles. The van der Waals surface area contributed by atoms with Gasteiger partial charge in [-0.1, -0.05) is 50.5 Å². The summed E-state index contributed by atoms with van der Waals surface area (Å²) in [5, 5.41) is 34.4. The summed E-state index contributed by atoms with van der Waals surface area (Å²) in [5.41, 5.74) is 4.86. The third kappa shape index (κ3) is 49.3. The minimum atomic E-state index is -3.99. The molecule has 3 amide bonds. The SMILES string of the molecule is C.C.C.C.CC(O)C(=O)OCC(=O)OCCOC(=O)COC(=O)C(C)O.Cc1cc(C)nc(NS(=O)(=O)c2ccc(NC(=O)C(C)CSCCC(=O)O)cc2)n1.Cc1cc(C)nc(NS(=O)(=O)c2ccc(NC(=O)C(C)CSCCC(=O)OC(C)C(=O)OCC(=O)OCCOC(=O)COC(=O)C(C)OC(=O)CCSCC(C)C(=O)Nc3ccc(S(=O)(=O)Nc4nc(C)cc(C)n4)cc3)cc2)n1.